The van der Waals surface area contributed by atoms with Gasteiger partial charge in [0.2, 0.25) is 0 Å². The highest BCUT2D eigenvalue weighted by molar-refractivity contribution is 9.09. The van der Waals surface area contributed by atoms with Crippen LogP contribution in [0.4, 0.5) is 0 Å². The number of alkyl halides is 2. The van der Waals surface area contributed by atoms with Crippen LogP contribution in [0, 0.1) is 0 Å². The van der Waals surface area contributed by atoms with Crippen LogP contribution >= 0.6 is 31.9 Å². The van der Waals surface area contributed by atoms with Crippen molar-refractivity contribution in [2.75, 3.05) is 23.9 Å². The van der Waals surface area contributed by atoms with Crippen LogP contribution in [0.5, 0.6) is 0 Å². The summed E-state index contributed by atoms with van der Waals surface area (Å²) >= 11 is 6.32. The maximum Gasteiger partial charge on any atom is 0.399 e. The van der Waals surface area contributed by atoms with Crippen molar-refractivity contribution < 1.29 is 16.8 Å². The first-order valence-corrected chi connectivity index (χ1v) is 7.35. The topological polar surface area (TPSA) is 52.6 Å². The molecule has 4 nitrogen and oxygen atoms in total. The van der Waals surface area contributed by atoms with E-state index in [1.165, 1.54) is 0 Å². The zero-order valence-electron chi connectivity index (χ0n) is 7.04. The molecule has 0 aliphatic heterocycles. The lowest BCUT2D eigenvalue weighted by molar-refractivity contribution is 0.216. The second-order valence-electron chi connectivity index (χ2n) is 2.14. The van der Waals surface area contributed by atoms with Crippen LogP contribution in [0.1, 0.15) is 12.8 Å². The number of halogens is 2. The summed E-state index contributed by atoms with van der Waals surface area (Å²) in [6, 6.07) is 0. The summed E-state index contributed by atoms with van der Waals surface area (Å²) < 4.78 is 30.9. The molecular weight excluding hydrogens is 328 g/mol. The lowest BCUT2D eigenvalue weighted by Crippen LogP contribution is -2.12. The number of hydrogen-bond donors (Lipinski definition) is 0. The van der Waals surface area contributed by atoms with Crippen molar-refractivity contribution in [3.05, 3.63) is 0 Å². The average Bonchev–Trinajstić information content (AvgIpc) is 2.05. The molecule has 0 atom stereocenters. The molecule has 80 valence electrons. The summed E-state index contributed by atoms with van der Waals surface area (Å²) in [5, 5.41) is 1.42. The minimum atomic E-state index is -3.77. The largest absolute Gasteiger partial charge is 0.399 e. The monoisotopic (exact) mass is 338 g/mol. The van der Waals surface area contributed by atoms with Crippen LogP contribution in [-0.2, 0) is 18.8 Å². The molecule has 0 aromatic rings. The predicted molar refractivity (Wildman–Crippen MR) is 57.6 cm³/mol. The molecule has 0 amide bonds. The SMILES string of the molecule is O=S(=O)(OCCCBr)OCCCBr. The Morgan fingerprint density at radius 3 is 1.62 bits per heavy atom. The smallest absolute Gasteiger partial charge is 0.248 e. The Bertz CT molecular complexity index is 189. The van der Waals surface area contributed by atoms with E-state index in [1.54, 1.807) is 0 Å². The molecule has 0 rings (SSSR count). The summed E-state index contributed by atoms with van der Waals surface area (Å²) in [7, 11) is -3.77. The van der Waals surface area contributed by atoms with E-state index in [4.69, 9.17) is 0 Å². The maximum absolute atomic E-state index is 10.9. The lowest BCUT2D eigenvalue weighted by Gasteiger charge is -2.03. The van der Waals surface area contributed by atoms with E-state index in [9.17, 15) is 8.42 Å². The van der Waals surface area contributed by atoms with Crippen molar-refractivity contribution in [1.82, 2.24) is 0 Å². The molecule has 0 aliphatic rings. The van der Waals surface area contributed by atoms with E-state index in [0.717, 1.165) is 0 Å². The van der Waals surface area contributed by atoms with Gasteiger partial charge >= 0.3 is 10.4 Å². The Labute approximate surface area is 95.6 Å². The van der Waals surface area contributed by atoms with E-state index in [1.807, 2.05) is 0 Å². The Kier molecular flexibility index (Phi) is 8.69. The Balaban J connectivity index is 3.55. The molecule has 7 heteroatoms. The average molecular weight is 340 g/mol. The van der Waals surface area contributed by atoms with Crippen molar-refractivity contribution >= 4 is 42.3 Å². The standard InChI is InChI=1S/C6H12Br2O4S/c7-3-1-5-11-13(9,10)12-6-2-4-8/h1-6H2. The predicted octanol–water partition coefficient (Wildman–Crippen LogP) is 1.83. The van der Waals surface area contributed by atoms with Crippen molar-refractivity contribution in [1.29, 1.82) is 0 Å². The molecule has 13 heavy (non-hydrogen) atoms. The van der Waals surface area contributed by atoms with Gasteiger partial charge in [0.05, 0.1) is 13.2 Å². The first-order chi connectivity index (χ1) is 6.12. The van der Waals surface area contributed by atoms with Crippen molar-refractivity contribution in [2.45, 2.75) is 12.8 Å². The molecule has 0 fully saturated rings. The van der Waals surface area contributed by atoms with E-state index in [-0.39, 0.29) is 13.2 Å². The van der Waals surface area contributed by atoms with Gasteiger partial charge in [0.25, 0.3) is 0 Å². The third-order valence-corrected chi connectivity index (χ3v) is 3.04. The highest BCUT2D eigenvalue weighted by atomic mass is 79.9. The van der Waals surface area contributed by atoms with Gasteiger partial charge in [0.1, 0.15) is 0 Å². The minimum absolute atomic E-state index is 0.155. The van der Waals surface area contributed by atoms with E-state index >= 15 is 0 Å². The zero-order chi connectivity index (χ0) is 10.2. The van der Waals surface area contributed by atoms with Crippen LogP contribution in [0.15, 0.2) is 0 Å². The fourth-order valence-corrected chi connectivity index (χ4v) is 1.63. The third-order valence-electron chi connectivity index (χ3n) is 1.01. The highest BCUT2D eigenvalue weighted by Crippen LogP contribution is 2.00. The molecule has 0 aromatic heterocycles. The molecule has 0 heterocycles. The highest BCUT2D eigenvalue weighted by Gasteiger charge is 2.10. The van der Waals surface area contributed by atoms with Crippen molar-refractivity contribution in [2.24, 2.45) is 0 Å². The summed E-state index contributed by atoms with van der Waals surface area (Å²) in [6.07, 6.45) is 1.28. The van der Waals surface area contributed by atoms with Gasteiger partial charge < -0.3 is 0 Å². The van der Waals surface area contributed by atoms with Gasteiger partial charge in [-0.3, -0.25) is 0 Å². The second kappa shape index (κ2) is 8.16. The van der Waals surface area contributed by atoms with Gasteiger partial charge in [-0.15, -0.1) is 0 Å². The molecular formula is C6H12Br2O4S. The molecule has 0 spiro atoms. The Morgan fingerprint density at radius 1 is 0.923 bits per heavy atom. The fraction of sp³-hybridized carbons (Fsp3) is 1.00. The van der Waals surface area contributed by atoms with E-state index in [2.05, 4.69) is 40.2 Å². The van der Waals surface area contributed by atoms with Crippen LogP contribution in [0.25, 0.3) is 0 Å². The molecule has 0 bridgehead atoms. The van der Waals surface area contributed by atoms with Crippen LogP contribution in [-0.4, -0.2) is 32.3 Å². The van der Waals surface area contributed by atoms with Gasteiger partial charge in [-0.1, -0.05) is 31.9 Å². The van der Waals surface area contributed by atoms with E-state index < -0.39 is 10.4 Å². The van der Waals surface area contributed by atoms with Gasteiger partial charge in [0, 0.05) is 10.7 Å². The summed E-state index contributed by atoms with van der Waals surface area (Å²) in [5.41, 5.74) is 0. The third kappa shape index (κ3) is 9.14. The molecule has 0 aliphatic carbocycles. The lowest BCUT2D eigenvalue weighted by atomic mass is 10.5. The Hall–Kier alpha value is 0.830. The quantitative estimate of drug-likeness (QED) is 0.500. The summed E-state index contributed by atoms with van der Waals surface area (Å²) in [6.45, 7) is 0.309. The summed E-state index contributed by atoms with van der Waals surface area (Å²) in [5.74, 6) is 0. The van der Waals surface area contributed by atoms with Crippen LogP contribution < -0.4 is 0 Å². The minimum Gasteiger partial charge on any atom is -0.248 e. The molecule has 0 unspecified atom stereocenters. The van der Waals surface area contributed by atoms with Gasteiger partial charge in [-0.2, -0.15) is 8.42 Å². The molecule has 0 saturated carbocycles. The normalized spacial score (nSPS) is 11.8. The first kappa shape index (κ1) is 13.8. The van der Waals surface area contributed by atoms with Crippen molar-refractivity contribution in [3.63, 3.8) is 0 Å². The molecule has 0 aromatic carbocycles. The van der Waals surface area contributed by atoms with Crippen LogP contribution in [0.3, 0.4) is 0 Å². The maximum atomic E-state index is 10.9. The van der Waals surface area contributed by atoms with Crippen LogP contribution in [0.2, 0.25) is 0 Å². The first-order valence-electron chi connectivity index (χ1n) is 3.78. The zero-order valence-corrected chi connectivity index (χ0v) is 11.0. The molecule has 0 radical (unpaired) electrons. The fourth-order valence-electron chi connectivity index (χ4n) is 0.465. The van der Waals surface area contributed by atoms with Gasteiger partial charge in [-0.25, -0.2) is 8.37 Å². The van der Waals surface area contributed by atoms with Gasteiger partial charge in [-0.05, 0) is 12.8 Å². The Morgan fingerprint density at radius 2 is 1.31 bits per heavy atom. The number of hydrogen-bond acceptors (Lipinski definition) is 4. The van der Waals surface area contributed by atoms with E-state index in [0.29, 0.717) is 23.5 Å². The second-order valence-corrected chi connectivity index (χ2v) is 5.01. The summed E-state index contributed by atoms with van der Waals surface area (Å²) in [4.78, 5) is 0. The molecule has 0 saturated heterocycles. The number of rotatable bonds is 8. The van der Waals surface area contributed by atoms with Gasteiger partial charge in [0.15, 0.2) is 0 Å². The van der Waals surface area contributed by atoms with Crippen molar-refractivity contribution in [3.8, 4) is 0 Å². The molecule has 0 N–H and O–H groups in total.